The number of rotatable bonds is 10. The molecule has 27 heavy (non-hydrogen) atoms. The van der Waals surface area contributed by atoms with Gasteiger partial charge in [-0.05, 0) is 44.6 Å². The van der Waals surface area contributed by atoms with E-state index in [1.165, 1.54) is 0 Å². The largest absolute Gasteiger partial charge is 0.384 e. The second kappa shape index (κ2) is 12.0. The van der Waals surface area contributed by atoms with Gasteiger partial charge in [0.15, 0.2) is 5.96 Å². The maximum atomic E-state index is 10.7. The number of hydrogen-bond acceptors (Lipinski definition) is 4. The van der Waals surface area contributed by atoms with Crippen LogP contribution in [0.25, 0.3) is 0 Å². The summed E-state index contributed by atoms with van der Waals surface area (Å²) < 4.78 is 11.2. The molecule has 1 aromatic rings. The van der Waals surface area contributed by atoms with Crippen LogP contribution in [0.4, 0.5) is 0 Å². The van der Waals surface area contributed by atoms with Crippen molar-refractivity contribution >= 4 is 5.96 Å². The molecule has 1 saturated heterocycles. The summed E-state index contributed by atoms with van der Waals surface area (Å²) in [6, 6.07) is 9.64. The lowest BCUT2D eigenvalue weighted by Gasteiger charge is -2.22. The van der Waals surface area contributed by atoms with Gasteiger partial charge in [-0.2, -0.15) is 0 Å². The molecule has 152 valence electrons. The Morgan fingerprint density at radius 1 is 1.26 bits per heavy atom. The fourth-order valence-electron chi connectivity index (χ4n) is 3.01. The van der Waals surface area contributed by atoms with Gasteiger partial charge in [0.25, 0.3) is 0 Å². The molecule has 0 amide bonds. The first kappa shape index (κ1) is 21.7. The quantitative estimate of drug-likeness (QED) is 0.331. The van der Waals surface area contributed by atoms with Gasteiger partial charge in [0.05, 0.1) is 6.54 Å². The van der Waals surface area contributed by atoms with Crippen LogP contribution in [0.5, 0.6) is 0 Å². The maximum Gasteiger partial charge on any atom is 0.191 e. The standard InChI is InChI=1S/C21H35N3O3/c1-3-22-20(24-17-21(2,25)19-8-5-4-6-9-19)23-12-7-13-27-16-18-10-14-26-15-11-18/h4-6,8-9,18,25H,3,7,10-17H2,1-2H3,(H2,22,23,24). The van der Waals surface area contributed by atoms with Crippen molar-refractivity contribution in [3.63, 3.8) is 0 Å². The van der Waals surface area contributed by atoms with E-state index in [4.69, 9.17) is 9.47 Å². The van der Waals surface area contributed by atoms with E-state index in [0.717, 1.165) is 70.3 Å². The van der Waals surface area contributed by atoms with Crippen molar-refractivity contribution in [2.75, 3.05) is 46.1 Å². The lowest BCUT2D eigenvalue weighted by molar-refractivity contribution is 0.0203. The van der Waals surface area contributed by atoms with Crippen LogP contribution in [-0.2, 0) is 15.1 Å². The molecule has 1 aromatic carbocycles. The zero-order chi connectivity index (χ0) is 19.4. The summed E-state index contributed by atoms with van der Waals surface area (Å²) >= 11 is 0. The van der Waals surface area contributed by atoms with Gasteiger partial charge in [0, 0.05) is 39.5 Å². The average molecular weight is 378 g/mol. The maximum absolute atomic E-state index is 10.7. The van der Waals surface area contributed by atoms with Crippen molar-refractivity contribution < 1.29 is 14.6 Å². The third kappa shape index (κ3) is 8.28. The van der Waals surface area contributed by atoms with E-state index in [1.807, 2.05) is 37.3 Å². The molecular weight excluding hydrogens is 342 g/mol. The van der Waals surface area contributed by atoms with Gasteiger partial charge in [0.1, 0.15) is 5.60 Å². The molecule has 1 aliphatic rings. The molecule has 0 aromatic heterocycles. The summed E-state index contributed by atoms with van der Waals surface area (Å²) in [4.78, 5) is 4.54. The van der Waals surface area contributed by atoms with Crippen LogP contribution in [0.1, 0.15) is 38.7 Å². The fourth-order valence-corrected chi connectivity index (χ4v) is 3.01. The van der Waals surface area contributed by atoms with Crippen molar-refractivity contribution in [1.29, 1.82) is 0 Å². The molecule has 1 fully saturated rings. The molecule has 6 heteroatoms. The highest BCUT2D eigenvalue weighted by atomic mass is 16.5. The average Bonchev–Trinajstić information content (AvgIpc) is 2.70. The minimum absolute atomic E-state index is 0.298. The number of guanidine groups is 1. The molecule has 0 aliphatic carbocycles. The Morgan fingerprint density at radius 2 is 2.00 bits per heavy atom. The first-order chi connectivity index (χ1) is 13.1. The molecular formula is C21H35N3O3. The highest BCUT2D eigenvalue weighted by Gasteiger charge is 2.22. The second-order valence-electron chi connectivity index (χ2n) is 7.25. The first-order valence-electron chi connectivity index (χ1n) is 10.1. The topological polar surface area (TPSA) is 75.1 Å². The number of aliphatic imine (C=N–C) groups is 1. The van der Waals surface area contributed by atoms with Crippen LogP contribution in [-0.4, -0.2) is 57.1 Å². The number of benzene rings is 1. The Morgan fingerprint density at radius 3 is 2.70 bits per heavy atom. The Hall–Kier alpha value is -1.63. The third-order valence-electron chi connectivity index (χ3n) is 4.74. The number of nitrogens with zero attached hydrogens (tertiary/aromatic N) is 1. The second-order valence-corrected chi connectivity index (χ2v) is 7.25. The summed E-state index contributed by atoms with van der Waals surface area (Å²) in [5.41, 5.74) is -0.123. The first-order valence-corrected chi connectivity index (χ1v) is 10.1. The zero-order valence-electron chi connectivity index (χ0n) is 16.7. The highest BCUT2D eigenvalue weighted by molar-refractivity contribution is 5.79. The third-order valence-corrected chi connectivity index (χ3v) is 4.74. The monoisotopic (exact) mass is 377 g/mol. The molecule has 2 rings (SSSR count). The Bertz CT molecular complexity index is 543. The van der Waals surface area contributed by atoms with Crippen LogP contribution in [0, 0.1) is 5.92 Å². The van der Waals surface area contributed by atoms with Crippen molar-refractivity contribution in [1.82, 2.24) is 10.6 Å². The van der Waals surface area contributed by atoms with Crippen LogP contribution in [0.3, 0.4) is 0 Å². The summed E-state index contributed by atoms with van der Waals surface area (Å²) in [5, 5.41) is 17.2. The smallest absolute Gasteiger partial charge is 0.191 e. The van der Waals surface area contributed by atoms with E-state index < -0.39 is 5.60 Å². The number of ether oxygens (including phenoxy) is 2. The molecule has 6 nitrogen and oxygen atoms in total. The van der Waals surface area contributed by atoms with Gasteiger partial charge >= 0.3 is 0 Å². The van der Waals surface area contributed by atoms with Crippen molar-refractivity contribution in [3.05, 3.63) is 35.9 Å². The van der Waals surface area contributed by atoms with Gasteiger partial charge in [-0.25, -0.2) is 4.99 Å². The molecule has 1 aliphatic heterocycles. The summed E-state index contributed by atoms with van der Waals surface area (Å²) in [7, 11) is 0. The predicted molar refractivity (Wildman–Crippen MR) is 109 cm³/mol. The summed E-state index contributed by atoms with van der Waals surface area (Å²) in [6.07, 6.45) is 3.14. The lowest BCUT2D eigenvalue weighted by Crippen LogP contribution is -2.39. The minimum atomic E-state index is -0.990. The Labute approximate surface area is 163 Å². The number of hydrogen-bond donors (Lipinski definition) is 3. The Balaban J connectivity index is 1.68. The lowest BCUT2D eigenvalue weighted by atomic mass is 9.96. The highest BCUT2D eigenvalue weighted by Crippen LogP contribution is 2.20. The predicted octanol–water partition coefficient (Wildman–Crippen LogP) is 2.28. The molecule has 0 spiro atoms. The van der Waals surface area contributed by atoms with Crippen molar-refractivity contribution in [3.8, 4) is 0 Å². The molecule has 0 bridgehead atoms. The van der Waals surface area contributed by atoms with E-state index in [9.17, 15) is 5.11 Å². The van der Waals surface area contributed by atoms with Crippen LogP contribution < -0.4 is 10.6 Å². The summed E-state index contributed by atoms with van der Waals surface area (Å²) in [6.45, 7) is 8.99. The van der Waals surface area contributed by atoms with E-state index in [1.54, 1.807) is 6.92 Å². The zero-order valence-corrected chi connectivity index (χ0v) is 16.7. The van der Waals surface area contributed by atoms with Crippen LogP contribution in [0.2, 0.25) is 0 Å². The molecule has 1 unspecified atom stereocenters. The molecule has 1 atom stereocenters. The molecule has 1 heterocycles. The van der Waals surface area contributed by atoms with Gasteiger partial charge in [-0.1, -0.05) is 30.3 Å². The van der Waals surface area contributed by atoms with E-state index >= 15 is 0 Å². The number of aliphatic hydroxyl groups is 1. The van der Waals surface area contributed by atoms with Crippen LogP contribution >= 0.6 is 0 Å². The van der Waals surface area contributed by atoms with Gasteiger partial charge < -0.3 is 25.2 Å². The SMILES string of the molecule is CCNC(=NCC(C)(O)c1ccccc1)NCCCOCC1CCOCC1. The van der Waals surface area contributed by atoms with E-state index in [0.29, 0.717) is 12.5 Å². The normalized spacial score (nSPS) is 18.1. The fraction of sp³-hybridized carbons (Fsp3) is 0.667. The minimum Gasteiger partial charge on any atom is -0.384 e. The summed E-state index contributed by atoms with van der Waals surface area (Å²) in [5.74, 6) is 1.36. The molecule has 0 radical (unpaired) electrons. The van der Waals surface area contributed by atoms with Crippen molar-refractivity contribution in [2.24, 2.45) is 10.9 Å². The van der Waals surface area contributed by atoms with Gasteiger partial charge in [-0.15, -0.1) is 0 Å². The Kier molecular flexibility index (Phi) is 9.59. The molecule has 0 saturated carbocycles. The van der Waals surface area contributed by atoms with Gasteiger partial charge in [0.2, 0.25) is 0 Å². The van der Waals surface area contributed by atoms with Crippen molar-refractivity contribution in [2.45, 2.75) is 38.7 Å². The van der Waals surface area contributed by atoms with Crippen LogP contribution in [0.15, 0.2) is 35.3 Å². The van der Waals surface area contributed by atoms with E-state index in [2.05, 4.69) is 15.6 Å². The van der Waals surface area contributed by atoms with Gasteiger partial charge in [-0.3, -0.25) is 0 Å². The number of nitrogens with one attached hydrogen (secondary N) is 2. The van der Waals surface area contributed by atoms with E-state index in [-0.39, 0.29) is 0 Å². The molecule has 3 N–H and O–H groups in total.